The van der Waals surface area contributed by atoms with E-state index >= 15 is 0 Å². The highest BCUT2D eigenvalue weighted by Crippen LogP contribution is 2.38. The molecule has 1 amide bonds. The van der Waals surface area contributed by atoms with Crippen molar-refractivity contribution in [1.29, 1.82) is 0 Å². The number of carbonyl (C=O) groups excluding carboxylic acids is 1. The fourth-order valence-corrected chi connectivity index (χ4v) is 3.09. The molecule has 2 aliphatic rings. The van der Waals surface area contributed by atoms with E-state index in [-0.39, 0.29) is 25.4 Å². The van der Waals surface area contributed by atoms with E-state index in [1.165, 1.54) is 0 Å². The van der Waals surface area contributed by atoms with E-state index in [0.29, 0.717) is 38.3 Å². The monoisotopic (exact) mass is 261 g/mol. The van der Waals surface area contributed by atoms with E-state index in [0.717, 1.165) is 6.42 Å². The molecule has 3 nitrogen and oxygen atoms in total. The number of halogens is 2. The van der Waals surface area contributed by atoms with Gasteiger partial charge < -0.3 is 10.0 Å². The Morgan fingerprint density at radius 2 is 2.17 bits per heavy atom. The molecule has 0 bridgehead atoms. The minimum absolute atomic E-state index is 0.0794. The Bertz CT molecular complexity index is 309. The molecule has 1 saturated carbocycles. The summed E-state index contributed by atoms with van der Waals surface area (Å²) in [7, 11) is 0. The molecule has 0 aromatic rings. The summed E-state index contributed by atoms with van der Waals surface area (Å²) >= 11 is 0. The Balaban J connectivity index is 1.88. The second-order valence-corrected chi connectivity index (χ2v) is 5.60. The zero-order chi connectivity index (χ0) is 13.2. The standard InChI is InChI=1S/C13H21F2NO2/c14-13(15)5-1-2-11(8-13)12(18)16-6-3-10(9-16)4-7-17/h10-11,17H,1-9H2. The molecule has 0 radical (unpaired) electrons. The lowest BCUT2D eigenvalue weighted by molar-refractivity contribution is -0.141. The van der Waals surface area contributed by atoms with Crippen molar-refractivity contribution in [3.63, 3.8) is 0 Å². The van der Waals surface area contributed by atoms with Crippen LogP contribution in [0, 0.1) is 11.8 Å². The van der Waals surface area contributed by atoms with Gasteiger partial charge in [-0.3, -0.25) is 4.79 Å². The molecular weight excluding hydrogens is 240 g/mol. The highest BCUT2D eigenvalue weighted by atomic mass is 19.3. The topological polar surface area (TPSA) is 40.5 Å². The quantitative estimate of drug-likeness (QED) is 0.844. The minimum atomic E-state index is -2.66. The molecule has 5 heteroatoms. The summed E-state index contributed by atoms with van der Waals surface area (Å²) in [5.74, 6) is -2.93. The van der Waals surface area contributed by atoms with Crippen molar-refractivity contribution in [1.82, 2.24) is 4.90 Å². The Morgan fingerprint density at radius 3 is 2.83 bits per heavy atom. The number of carbonyl (C=O) groups is 1. The van der Waals surface area contributed by atoms with Gasteiger partial charge >= 0.3 is 0 Å². The lowest BCUT2D eigenvalue weighted by atomic mass is 9.85. The molecule has 0 aromatic heterocycles. The number of rotatable bonds is 3. The van der Waals surface area contributed by atoms with Gasteiger partial charge in [-0.1, -0.05) is 0 Å². The number of aliphatic hydroxyl groups is 1. The van der Waals surface area contributed by atoms with Gasteiger partial charge in [0.05, 0.1) is 0 Å². The fourth-order valence-electron chi connectivity index (χ4n) is 3.09. The second kappa shape index (κ2) is 5.51. The maximum Gasteiger partial charge on any atom is 0.248 e. The summed E-state index contributed by atoms with van der Waals surface area (Å²) in [6.07, 6.45) is 2.25. The molecule has 2 unspecified atom stereocenters. The van der Waals surface area contributed by atoms with E-state index in [2.05, 4.69) is 0 Å². The Hall–Kier alpha value is -0.710. The van der Waals surface area contributed by atoms with Gasteiger partial charge in [0.1, 0.15) is 0 Å². The average molecular weight is 261 g/mol. The molecule has 2 fully saturated rings. The average Bonchev–Trinajstić information content (AvgIpc) is 2.76. The van der Waals surface area contributed by atoms with E-state index in [9.17, 15) is 13.6 Å². The predicted molar refractivity (Wildman–Crippen MR) is 63.3 cm³/mol. The molecule has 2 rings (SSSR count). The molecule has 1 N–H and O–H groups in total. The van der Waals surface area contributed by atoms with E-state index in [1.807, 2.05) is 0 Å². The summed E-state index contributed by atoms with van der Waals surface area (Å²) in [4.78, 5) is 13.9. The number of likely N-dealkylation sites (tertiary alicyclic amines) is 1. The first kappa shape index (κ1) is 13.7. The van der Waals surface area contributed by atoms with Crippen LogP contribution in [0.25, 0.3) is 0 Å². The molecule has 1 aliphatic carbocycles. The highest BCUT2D eigenvalue weighted by molar-refractivity contribution is 5.79. The van der Waals surface area contributed by atoms with Gasteiger partial charge in [0.15, 0.2) is 0 Å². The van der Waals surface area contributed by atoms with Gasteiger partial charge in [-0.15, -0.1) is 0 Å². The largest absolute Gasteiger partial charge is 0.396 e. The van der Waals surface area contributed by atoms with Crippen LogP contribution in [0.1, 0.15) is 38.5 Å². The zero-order valence-corrected chi connectivity index (χ0v) is 10.6. The van der Waals surface area contributed by atoms with Crippen LogP contribution in [0.4, 0.5) is 8.78 Å². The molecule has 1 aliphatic heterocycles. The van der Waals surface area contributed by atoms with Crippen LogP contribution in [0.2, 0.25) is 0 Å². The molecule has 104 valence electrons. The Labute approximate surface area is 106 Å². The van der Waals surface area contributed by atoms with E-state index in [1.54, 1.807) is 4.90 Å². The van der Waals surface area contributed by atoms with Crippen molar-refractivity contribution in [3.05, 3.63) is 0 Å². The number of aliphatic hydroxyl groups excluding tert-OH is 1. The van der Waals surface area contributed by atoms with Crippen molar-refractivity contribution < 1.29 is 18.7 Å². The van der Waals surface area contributed by atoms with Crippen LogP contribution >= 0.6 is 0 Å². The molecule has 0 spiro atoms. The lowest BCUT2D eigenvalue weighted by Crippen LogP contribution is -2.39. The molecule has 18 heavy (non-hydrogen) atoms. The number of hydrogen-bond acceptors (Lipinski definition) is 2. The smallest absolute Gasteiger partial charge is 0.248 e. The normalized spacial score (nSPS) is 31.6. The molecular formula is C13H21F2NO2. The third-order valence-electron chi connectivity index (χ3n) is 4.12. The van der Waals surface area contributed by atoms with Crippen molar-refractivity contribution in [3.8, 4) is 0 Å². The Morgan fingerprint density at radius 1 is 1.39 bits per heavy atom. The number of alkyl halides is 2. The number of amides is 1. The third kappa shape index (κ3) is 3.19. The first-order chi connectivity index (χ1) is 8.52. The van der Waals surface area contributed by atoms with Gasteiger partial charge in [0, 0.05) is 38.5 Å². The van der Waals surface area contributed by atoms with Crippen molar-refractivity contribution in [2.75, 3.05) is 19.7 Å². The van der Waals surface area contributed by atoms with Gasteiger partial charge in [-0.05, 0) is 31.6 Å². The molecule has 0 aromatic carbocycles. The highest BCUT2D eigenvalue weighted by Gasteiger charge is 2.41. The van der Waals surface area contributed by atoms with Crippen LogP contribution < -0.4 is 0 Å². The zero-order valence-electron chi connectivity index (χ0n) is 10.6. The molecule has 1 heterocycles. The van der Waals surface area contributed by atoms with E-state index < -0.39 is 11.8 Å². The van der Waals surface area contributed by atoms with Gasteiger partial charge in [-0.2, -0.15) is 0 Å². The summed E-state index contributed by atoms with van der Waals surface area (Å²) < 4.78 is 26.6. The number of hydrogen-bond donors (Lipinski definition) is 1. The van der Waals surface area contributed by atoms with Crippen LogP contribution in [-0.4, -0.2) is 41.5 Å². The van der Waals surface area contributed by atoms with Gasteiger partial charge in [0.2, 0.25) is 11.8 Å². The van der Waals surface area contributed by atoms with Crippen LogP contribution in [-0.2, 0) is 4.79 Å². The Kier molecular flexibility index (Phi) is 4.20. The first-order valence-corrected chi connectivity index (χ1v) is 6.79. The van der Waals surface area contributed by atoms with Crippen molar-refractivity contribution >= 4 is 5.91 Å². The summed E-state index contributed by atoms with van der Waals surface area (Å²) in [5, 5.41) is 8.87. The van der Waals surface area contributed by atoms with Gasteiger partial charge in [0.25, 0.3) is 0 Å². The molecule has 1 saturated heterocycles. The maximum absolute atomic E-state index is 13.3. The van der Waals surface area contributed by atoms with Crippen LogP contribution in [0.3, 0.4) is 0 Å². The fraction of sp³-hybridized carbons (Fsp3) is 0.923. The van der Waals surface area contributed by atoms with Gasteiger partial charge in [-0.25, -0.2) is 8.78 Å². The maximum atomic E-state index is 13.3. The minimum Gasteiger partial charge on any atom is -0.396 e. The van der Waals surface area contributed by atoms with Crippen LogP contribution in [0.5, 0.6) is 0 Å². The number of nitrogens with zero attached hydrogens (tertiary/aromatic N) is 1. The summed E-state index contributed by atoms with van der Waals surface area (Å²) in [6, 6.07) is 0. The summed E-state index contributed by atoms with van der Waals surface area (Å²) in [6.45, 7) is 1.42. The first-order valence-electron chi connectivity index (χ1n) is 6.79. The molecule has 2 atom stereocenters. The van der Waals surface area contributed by atoms with Crippen molar-refractivity contribution in [2.45, 2.75) is 44.4 Å². The second-order valence-electron chi connectivity index (χ2n) is 5.60. The van der Waals surface area contributed by atoms with E-state index in [4.69, 9.17) is 5.11 Å². The third-order valence-corrected chi connectivity index (χ3v) is 4.12. The summed E-state index contributed by atoms with van der Waals surface area (Å²) in [5.41, 5.74) is 0. The lowest BCUT2D eigenvalue weighted by Gasteiger charge is -2.30. The van der Waals surface area contributed by atoms with Crippen LogP contribution in [0.15, 0.2) is 0 Å². The van der Waals surface area contributed by atoms with Crippen molar-refractivity contribution in [2.24, 2.45) is 11.8 Å². The SMILES string of the molecule is O=C(C1CCCC(F)(F)C1)N1CCC(CCO)C1. The predicted octanol–water partition coefficient (Wildman–Crippen LogP) is 2.04.